The third-order valence-electron chi connectivity index (χ3n) is 3.48. The van der Waals surface area contributed by atoms with Gasteiger partial charge in [0.05, 0.1) is 18.5 Å². The van der Waals surface area contributed by atoms with Crippen molar-refractivity contribution in [3.63, 3.8) is 0 Å². The molecule has 3 rings (SSSR count). The topological polar surface area (TPSA) is 106 Å². The van der Waals surface area contributed by atoms with Crippen molar-refractivity contribution in [1.29, 1.82) is 0 Å². The van der Waals surface area contributed by atoms with Gasteiger partial charge in [0, 0.05) is 24.2 Å². The first-order valence-corrected chi connectivity index (χ1v) is 7.60. The zero-order chi connectivity index (χ0) is 18.5. The fraction of sp³-hybridized carbons (Fsp3) is 0.250. The quantitative estimate of drug-likeness (QED) is 0.762. The summed E-state index contributed by atoms with van der Waals surface area (Å²) < 4.78 is 32.1. The Hall–Kier alpha value is -3.30. The lowest BCUT2D eigenvalue weighted by molar-refractivity contribution is 0.0470. The summed E-state index contributed by atoms with van der Waals surface area (Å²) in [4.78, 5) is 23.2. The van der Waals surface area contributed by atoms with Crippen molar-refractivity contribution in [2.24, 2.45) is 5.16 Å². The summed E-state index contributed by atoms with van der Waals surface area (Å²) in [5.41, 5.74) is 1.31. The first-order valence-electron chi connectivity index (χ1n) is 7.60. The van der Waals surface area contributed by atoms with Crippen LogP contribution in [0.15, 0.2) is 35.7 Å². The molecule has 2 N–H and O–H groups in total. The zero-order valence-electron chi connectivity index (χ0n) is 13.4. The number of nitrogens with one attached hydrogen (secondary N) is 1. The molecule has 0 saturated carbocycles. The number of amides is 1. The Morgan fingerprint density at radius 1 is 1.35 bits per heavy atom. The lowest BCUT2D eigenvalue weighted by Crippen LogP contribution is -2.28. The normalized spacial score (nSPS) is 15.9. The number of carboxylic acid groups (broad SMARTS) is 1. The smallest absolute Gasteiger partial charge is 0.404 e. The maximum absolute atomic E-state index is 13.5. The number of oxime groups is 1. The molecule has 3 heterocycles. The summed E-state index contributed by atoms with van der Waals surface area (Å²) in [5, 5.41) is 14.5. The molecule has 2 aromatic heterocycles. The van der Waals surface area contributed by atoms with Gasteiger partial charge in [-0.2, -0.15) is 4.39 Å². The van der Waals surface area contributed by atoms with Crippen LogP contribution in [-0.4, -0.2) is 46.1 Å². The van der Waals surface area contributed by atoms with Crippen LogP contribution in [0.25, 0.3) is 11.3 Å². The molecular formula is C16H14F2N4O4. The second kappa shape index (κ2) is 7.72. The minimum atomic E-state index is -1.16. The molecule has 0 fully saturated rings. The van der Waals surface area contributed by atoms with Crippen molar-refractivity contribution in [3.05, 3.63) is 42.4 Å². The molecule has 26 heavy (non-hydrogen) atoms. The van der Waals surface area contributed by atoms with Gasteiger partial charge in [-0.3, -0.25) is 0 Å². The van der Waals surface area contributed by atoms with E-state index in [1.807, 2.05) is 0 Å². The molecule has 0 bridgehead atoms. The van der Waals surface area contributed by atoms with Crippen molar-refractivity contribution in [2.45, 2.75) is 12.5 Å². The zero-order valence-corrected chi connectivity index (χ0v) is 13.4. The average Bonchev–Trinajstić information content (AvgIpc) is 3.07. The number of hydrogen-bond acceptors (Lipinski definition) is 6. The van der Waals surface area contributed by atoms with Crippen LogP contribution < -0.4 is 10.1 Å². The molecule has 1 atom stereocenters. The van der Waals surface area contributed by atoms with Crippen molar-refractivity contribution >= 4 is 11.8 Å². The first kappa shape index (κ1) is 17.5. The third-order valence-corrected chi connectivity index (χ3v) is 3.48. The van der Waals surface area contributed by atoms with Crippen LogP contribution in [0.1, 0.15) is 6.42 Å². The second-order valence-electron chi connectivity index (χ2n) is 5.43. The highest BCUT2D eigenvalue weighted by Gasteiger charge is 2.23. The van der Waals surface area contributed by atoms with Crippen molar-refractivity contribution in [2.75, 3.05) is 13.2 Å². The molecule has 136 valence electrons. The largest absolute Gasteiger partial charge is 0.487 e. The van der Waals surface area contributed by atoms with Gasteiger partial charge in [-0.15, -0.1) is 0 Å². The summed E-state index contributed by atoms with van der Waals surface area (Å²) in [6.07, 6.45) is 1.07. The Morgan fingerprint density at radius 2 is 2.19 bits per heavy atom. The first-order chi connectivity index (χ1) is 12.5. The predicted octanol–water partition coefficient (Wildman–Crippen LogP) is 2.21. The second-order valence-corrected chi connectivity index (χ2v) is 5.43. The van der Waals surface area contributed by atoms with E-state index in [9.17, 15) is 13.6 Å². The average molecular weight is 364 g/mol. The van der Waals surface area contributed by atoms with E-state index in [1.165, 1.54) is 18.3 Å². The summed E-state index contributed by atoms with van der Waals surface area (Å²) in [6, 6.07) is 3.79. The fourth-order valence-electron chi connectivity index (χ4n) is 2.30. The van der Waals surface area contributed by atoms with E-state index in [2.05, 4.69) is 20.4 Å². The molecule has 2 aromatic rings. The maximum atomic E-state index is 13.5. The van der Waals surface area contributed by atoms with Gasteiger partial charge in [0.2, 0.25) is 5.95 Å². The van der Waals surface area contributed by atoms with Crippen LogP contribution in [0.5, 0.6) is 5.75 Å². The Morgan fingerprint density at radius 3 is 2.92 bits per heavy atom. The number of ether oxygens (including phenoxy) is 1. The van der Waals surface area contributed by atoms with Gasteiger partial charge in [-0.1, -0.05) is 5.16 Å². The standard InChI is InChI=1S/C16H14F2N4O4/c17-10-3-13(15(20-6-10)9-1-2-14(18)19-5-9)25-8-12-4-11(22-26-12)7-21-16(23)24/h1-3,5-6,12,21H,4,7-8H2,(H,23,24). The van der Waals surface area contributed by atoms with Crippen molar-refractivity contribution in [1.82, 2.24) is 15.3 Å². The highest BCUT2D eigenvalue weighted by atomic mass is 19.1. The van der Waals surface area contributed by atoms with Crippen LogP contribution in [0, 0.1) is 11.8 Å². The lowest BCUT2D eigenvalue weighted by Gasteiger charge is -2.13. The predicted molar refractivity (Wildman–Crippen MR) is 85.8 cm³/mol. The Balaban J connectivity index is 1.64. The molecule has 1 aliphatic rings. The summed E-state index contributed by atoms with van der Waals surface area (Å²) in [7, 11) is 0. The van der Waals surface area contributed by atoms with Gasteiger partial charge >= 0.3 is 6.09 Å². The van der Waals surface area contributed by atoms with E-state index in [0.29, 0.717) is 23.4 Å². The number of nitrogens with zero attached hydrogens (tertiary/aromatic N) is 3. The van der Waals surface area contributed by atoms with Gasteiger partial charge in [0.1, 0.15) is 23.9 Å². The Kier molecular flexibility index (Phi) is 5.20. The SMILES string of the molecule is O=C(O)NCC1=NOC(COc2cc(F)cnc2-c2ccc(F)nc2)C1. The molecule has 0 aromatic carbocycles. The van der Waals surface area contributed by atoms with E-state index < -0.39 is 24.0 Å². The number of rotatable bonds is 6. The number of pyridine rings is 2. The molecule has 0 aliphatic carbocycles. The minimum Gasteiger partial charge on any atom is -0.487 e. The summed E-state index contributed by atoms with van der Waals surface area (Å²) in [6.45, 7) is 0.104. The van der Waals surface area contributed by atoms with Crippen LogP contribution >= 0.6 is 0 Å². The number of aromatic nitrogens is 2. The van der Waals surface area contributed by atoms with E-state index in [1.54, 1.807) is 0 Å². The van der Waals surface area contributed by atoms with E-state index in [4.69, 9.17) is 14.7 Å². The molecule has 10 heteroatoms. The van der Waals surface area contributed by atoms with E-state index in [0.717, 1.165) is 12.3 Å². The lowest BCUT2D eigenvalue weighted by atomic mass is 10.1. The van der Waals surface area contributed by atoms with Crippen LogP contribution in [0.2, 0.25) is 0 Å². The monoisotopic (exact) mass is 364 g/mol. The maximum Gasteiger partial charge on any atom is 0.404 e. The Bertz CT molecular complexity index is 829. The highest BCUT2D eigenvalue weighted by Crippen LogP contribution is 2.28. The van der Waals surface area contributed by atoms with Crippen LogP contribution in [0.4, 0.5) is 13.6 Å². The van der Waals surface area contributed by atoms with Gasteiger partial charge in [-0.05, 0) is 12.1 Å². The molecule has 8 nitrogen and oxygen atoms in total. The Labute approximate surface area is 146 Å². The van der Waals surface area contributed by atoms with Crippen LogP contribution in [-0.2, 0) is 4.84 Å². The molecule has 0 spiro atoms. The number of halogens is 2. The van der Waals surface area contributed by atoms with Gasteiger partial charge in [0.25, 0.3) is 0 Å². The molecular weight excluding hydrogens is 350 g/mol. The van der Waals surface area contributed by atoms with E-state index in [-0.39, 0.29) is 18.9 Å². The van der Waals surface area contributed by atoms with E-state index >= 15 is 0 Å². The molecule has 1 amide bonds. The molecule has 1 unspecified atom stereocenters. The van der Waals surface area contributed by atoms with Gasteiger partial charge in [0.15, 0.2) is 6.10 Å². The van der Waals surface area contributed by atoms with Crippen molar-refractivity contribution < 1.29 is 28.3 Å². The molecule has 0 saturated heterocycles. The molecule has 1 aliphatic heterocycles. The summed E-state index contributed by atoms with van der Waals surface area (Å²) >= 11 is 0. The van der Waals surface area contributed by atoms with Gasteiger partial charge < -0.3 is 20.0 Å². The highest BCUT2D eigenvalue weighted by molar-refractivity contribution is 5.89. The molecule has 0 radical (unpaired) electrons. The summed E-state index contributed by atoms with van der Waals surface area (Å²) in [5.74, 6) is -1.08. The van der Waals surface area contributed by atoms with Crippen LogP contribution in [0.3, 0.4) is 0 Å². The number of hydrogen-bond donors (Lipinski definition) is 2. The third kappa shape index (κ3) is 4.41. The van der Waals surface area contributed by atoms with Gasteiger partial charge in [-0.25, -0.2) is 19.2 Å². The number of carbonyl (C=O) groups is 1. The van der Waals surface area contributed by atoms with Crippen molar-refractivity contribution in [3.8, 4) is 17.0 Å². The fourth-order valence-corrected chi connectivity index (χ4v) is 2.30. The minimum absolute atomic E-state index is 0.0484.